The Labute approximate surface area is 173 Å². The maximum absolute atomic E-state index is 6.15. The van der Waals surface area contributed by atoms with Gasteiger partial charge in [-0.3, -0.25) is 0 Å². The van der Waals surface area contributed by atoms with Crippen LogP contribution in [0.1, 0.15) is 29.2 Å². The topological polar surface area (TPSA) is 18.5 Å². The van der Waals surface area contributed by atoms with Gasteiger partial charge in [0.05, 0.1) is 6.61 Å². The molecule has 0 spiro atoms. The summed E-state index contributed by atoms with van der Waals surface area (Å²) in [6, 6.07) is 24.5. The Kier molecular flexibility index (Phi) is 5.53. The van der Waals surface area contributed by atoms with E-state index in [9.17, 15) is 0 Å². The van der Waals surface area contributed by atoms with Crippen LogP contribution in [0.4, 0.5) is 0 Å². The van der Waals surface area contributed by atoms with Crippen LogP contribution in [0.25, 0.3) is 12.2 Å². The molecule has 29 heavy (non-hydrogen) atoms. The molecule has 4 rings (SSSR count). The lowest BCUT2D eigenvalue weighted by atomic mass is 9.78. The summed E-state index contributed by atoms with van der Waals surface area (Å²) in [5.74, 6) is 1.63. The van der Waals surface area contributed by atoms with Crippen molar-refractivity contribution in [1.82, 2.24) is 0 Å². The van der Waals surface area contributed by atoms with Crippen molar-refractivity contribution >= 4 is 12.2 Å². The van der Waals surface area contributed by atoms with Gasteiger partial charge in [0.1, 0.15) is 18.1 Å². The van der Waals surface area contributed by atoms with Crippen LogP contribution < -0.4 is 9.47 Å². The molecule has 1 atom stereocenters. The Hall–Kier alpha value is -3.26. The Morgan fingerprint density at radius 2 is 1.69 bits per heavy atom. The fourth-order valence-corrected chi connectivity index (χ4v) is 3.67. The highest BCUT2D eigenvalue weighted by atomic mass is 16.5. The minimum Gasteiger partial charge on any atom is -0.493 e. The van der Waals surface area contributed by atoms with Crippen LogP contribution in [0.2, 0.25) is 0 Å². The number of hydrogen-bond donors (Lipinski definition) is 0. The molecule has 0 amide bonds. The fourth-order valence-electron chi connectivity index (χ4n) is 3.67. The van der Waals surface area contributed by atoms with Gasteiger partial charge in [-0.05, 0) is 40.8 Å². The molecule has 0 fully saturated rings. The van der Waals surface area contributed by atoms with Gasteiger partial charge in [0.2, 0.25) is 0 Å². The fraction of sp³-hybridized carbons (Fsp3) is 0.185. The molecule has 0 saturated carbocycles. The summed E-state index contributed by atoms with van der Waals surface area (Å²) in [4.78, 5) is 0. The van der Waals surface area contributed by atoms with Crippen molar-refractivity contribution in [2.75, 3.05) is 6.61 Å². The second-order valence-corrected chi connectivity index (χ2v) is 7.82. The largest absolute Gasteiger partial charge is 0.493 e. The van der Waals surface area contributed by atoms with Crippen LogP contribution >= 0.6 is 0 Å². The molecule has 2 nitrogen and oxygen atoms in total. The van der Waals surface area contributed by atoms with Crippen LogP contribution in [0.5, 0.6) is 11.5 Å². The summed E-state index contributed by atoms with van der Waals surface area (Å²) in [7, 11) is 0. The minimum absolute atomic E-state index is 0.0197. The van der Waals surface area contributed by atoms with Crippen molar-refractivity contribution in [2.45, 2.75) is 20.0 Å². The maximum Gasteiger partial charge on any atom is 0.123 e. The lowest BCUT2D eigenvalue weighted by Crippen LogP contribution is -2.27. The third-order valence-corrected chi connectivity index (χ3v) is 5.36. The second kappa shape index (κ2) is 8.40. The second-order valence-electron chi connectivity index (χ2n) is 7.82. The molecule has 2 heteroatoms. The van der Waals surface area contributed by atoms with Crippen LogP contribution in [-0.2, 0) is 13.0 Å². The maximum atomic E-state index is 6.15. The average molecular weight is 383 g/mol. The zero-order valence-corrected chi connectivity index (χ0v) is 16.8. The van der Waals surface area contributed by atoms with Crippen molar-refractivity contribution in [3.63, 3.8) is 0 Å². The number of benzene rings is 3. The Balaban J connectivity index is 1.39. The van der Waals surface area contributed by atoms with Gasteiger partial charge in [-0.25, -0.2) is 0 Å². The van der Waals surface area contributed by atoms with Crippen molar-refractivity contribution in [3.05, 3.63) is 108 Å². The summed E-state index contributed by atoms with van der Waals surface area (Å²) in [6.07, 6.45) is 7.31. The molecule has 0 aliphatic heterocycles. The van der Waals surface area contributed by atoms with Crippen LogP contribution in [-0.4, -0.2) is 6.61 Å². The van der Waals surface area contributed by atoms with E-state index in [1.807, 2.05) is 48.5 Å². The predicted octanol–water partition coefficient (Wildman–Crippen LogP) is 6.56. The van der Waals surface area contributed by atoms with Crippen molar-refractivity contribution in [2.24, 2.45) is 5.41 Å². The van der Waals surface area contributed by atoms with E-state index in [0.29, 0.717) is 13.2 Å². The van der Waals surface area contributed by atoms with Gasteiger partial charge in [0, 0.05) is 11.5 Å². The lowest BCUT2D eigenvalue weighted by molar-refractivity contribution is 0.203. The van der Waals surface area contributed by atoms with Gasteiger partial charge in [-0.1, -0.05) is 86.3 Å². The summed E-state index contributed by atoms with van der Waals surface area (Å²) >= 11 is 0. The quantitative estimate of drug-likeness (QED) is 0.460. The molecule has 0 radical (unpaired) electrons. The molecule has 0 heterocycles. The van der Waals surface area contributed by atoms with Crippen LogP contribution in [0.15, 0.2) is 85.5 Å². The van der Waals surface area contributed by atoms with E-state index in [-0.39, 0.29) is 5.41 Å². The molecule has 3 aromatic carbocycles. The first-order valence-corrected chi connectivity index (χ1v) is 9.98. The van der Waals surface area contributed by atoms with Crippen LogP contribution in [0, 0.1) is 5.41 Å². The smallest absolute Gasteiger partial charge is 0.123 e. The predicted molar refractivity (Wildman–Crippen MR) is 120 cm³/mol. The number of rotatable bonds is 7. The van der Waals surface area contributed by atoms with E-state index in [1.54, 1.807) is 0 Å². The van der Waals surface area contributed by atoms with E-state index in [2.05, 4.69) is 56.0 Å². The third kappa shape index (κ3) is 4.60. The molecular formula is C27H26O2. The zero-order valence-electron chi connectivity index (χ0n) is 16.8. The van der Waals surface area contributed by atoms with E-state index >= 15 is 0 Å². The van der Waals surface area contributed by atoms with E-state index in [4.69, 9.17) is 9.47 Å². The SMILES string of the molecule is C=Cc1ccccc1COc1cccc(OCC2(C)C=Cc3ccccc3C2)c1. The Morgan fingerprint density at radius 1 is 0.931 bits per heavy atom. The molecule has 1 unspecified atom stereocenters. The van der Waals surface area contributed by atoms with Gasteiger partial charge >= 0.3 is 0 Å². The van der Waals surface area contributed by atoms with Gasteiger partial charge in [-0.2, -0.15) is 0 Å². The molecule has 0 N–H and O–H groups in total. The summed E-state index contributed by atoms with van der Waals surface area (Å²) in [5.41, 5.74) is 4.87. The molecule has 0 aromatic heterocycles. The van der Waals surface area contributed by atoms with Crippen LogP contribution in [0.3, 0.4) is 0 Å². The van der Waals surface area contributed by atoms with Gasteiger partial charge in [0.25, 0.3) is 0 Å². The minimum atomic E-state index is -0.0197. The molecule has 146 valence electrons. The molecule has 1 aliphatic rings. The zero-order chi connectivity index (χ0) is 20.1. The number of ether oxygens (including phenoxy) is 2. The van der Waals surface area contributed by atoms with E-state index in [0.717, 1.165) is 29.0 Å². The van der Waals surface area contributed by atoms with Gasteiger partial charge in [-0.15, -0.1) is 0 Å². The lowest BCUT2D eigenvalue weighted by Gasteiger charge is -2.30. The van der Waals surface area contributed by atoms with Gasteiger partial charge in [0.15, 0.2) is 0 Å². The highest BCUT2D eigenvalue weighted by Gasteiger charge is 2.26. The summed E-state index contributed by atoms with van der Waals surface area (Å²) in [5, 5.41) is 0. The molecule has 3 aromatic rings. The van der Waals surface area contributed by atoms with Crippen molar-refractivity contribution < 1.29 is 9.47 Å². The normalized spacial score (nSPS) is 17.4. The average Bonchev–Trinajstić information content (AvgIpc) is 2.77. The Bertz CT molecular complexity index is 1030. The molecule has 1 aliphatic carbocycles. The first kappa shape index (κ1) is 19.1. The summed E-state index contributed by atoms with van der Waals surface area (Å²) < 4.78 is 12.2. The van der Waals surface area contributed by atoms with Crippen molar-refractivity contribution in [1.29, 1.82) is 0 Å². The molecule has 0 saturated heterocycles. The number of fused-ring (bicyclic) bond motifs is 1. The first-order valence-electron chi connectivity index (χ1n) is 9.98. The van der Waals surface area contributed by atoms with E-state index in [1.165, 1.54) is 11.1 Å². The Morgan fingerprint density at radius 3 is 2.55 bits per heavy atom. The summed E-state index contributed by atoms with van der Waals surface area (Å²) in [6.45, 7) is 7.24. The first-order chi connectivity index (χ1) is 14.1. The third-order valence-electron chi connectivity index (χ3n) is 5.36. The van der Waals surface area contributed by atoms with E-state index < -0.39 is 0 Å². The monoisotopic (exact) mass is 382 g/mol. The highest BCUT2D eigenvalue weighted by Crippen LogP contribution is 2.33. The number of hydrogen-bond acceptors (Lipinski definition) is 2. The highest BCUT2D eigenvalue weighted by molar-refractivity contribution is 5.57. The molecule has 0 bridgehead atoms. The molecular weight excluding hydrogens is 356 g/mol. The van der Waals surface area contributed by atoms with Crippen molar-refractivity contribution in [3.8, 4) is 11.5 Å². The standard InChI is InChI=1S/C27H26O2/c1-3-21-9-4-7-12-24(21)19-28-25-13-8-14-26(17-25)29-20-27(2)16-15-22-10-5-6-11-23(22)18-27/h3-17H,1,18-20H2,2H3. The van der Waals surface area contributed by atoms with Gasteiger partial charge < -0.3 is 9.47 Å².